The van der Waals surface area contributed by atoms with Crippen LogP contribution in [0.5, 0.6) is 0 Å². The zero-order valence-corrected chi connectivity index (χ0v) is 17.2. The van der Waals surface area contributed by atoms with Crippen LogP contribution < -0.4 is 5.32 Å². The van der Waals surface area contributed by atoms with Crippen LogP contribution in [0.3, 0.4) is 0 Å². The molecule has 0 saturated carbocycles. The van der Waals surface area contributed by atoms with Crippen molar-refractivity contribution >= 4 is 23.2 Å². The number of hydrogen-bond donors (Lipinski definition) is 1. The van der Waals surface area contributed by atoms with Crippen LogP contribution in [0.25, 0.3) is 21.8 Å². The zero-order chi connectivity index (χ0) is 20.9. The van der Waals surface area contributed by atoms with Crippen molar-refractivity contribution in [3.05, 3.63) is 55.0 Å². The molecule has 0 bridgehead atoms. The van der Waals surface area contributed by atoms with Crippen LogP contribution in [0.1, 0.15) is 6.42 Å². The Morgan fingerprint density at radius 2 is 2.27 bits per heavy atom. The van der Waals surface area contributed by atoms with Crippen molar-refractivity contribution in [3.63, 3.8) is 0 Å². The number of amides is 2. The normalized spacial score (nSPS) is 16.1. The molecular weight excluding hydrogens is 400 g/mol. The number of hydrogen-bond acceptors (Lipinski definition) is 6. The third kappa shape index (κ3) is 4.16. The van der Waals surface area contributed by atoms with Gasteiger partial charge >= 0.3 is 0 Å². The number of likely N-dealkylation sites (tertiary alicyclic amines) is 1. The Balaban J connectivity index is 1.44. The number of rotatable bonds is 8. The molecule has 1 N–H and O–H groups in total. The second-order valence-electron chi connectivity index (χ2n) is 6.98. The molecule has 1 atom stereocenters. The maximum atomic E-state index is 12.5. The molecule has 154 valence electrons. The fourth-order valence-electron chi connectivity index (χ4n) is 3.56. The van der Waals surface area contributed by atoms with Crippen LogP contribution >= 0.6 is 11.3 Å². The molecule has 3 aromatic heterocycles. The minimum atomic E-state index is -0.318. The molecule has 1 aliphatic rings. The molecule has 1 fully saturated rings. The SMILES string of the molecule is C=CCN1C[C@H](C(=O)NCCn2ncc(-c3cnccn3)c2-c2cccs2)CC1=O. The van der Waals surface area contributed by atoms with Crippen molar-refractivity contribution in [2.45, 2.75) is 13.0 Å². The molecular formula is C21H22N6O2S. The van der Waals surface area contributed by atoms with Gasteiger partial charge < -0.3 is 10.2 Å². The first-order valence-corrected chi connectivity index (χ1v) is 10.6. The molecule has 2 amide bonds. The van der Waals surface area contributed by atoms with Gasteiger partial charge in [0.05, 0.1) is 41.1 Å². The number of nitrogens with zero attached hydrogens (tertiary/aromatic N) is 5. The summed E-state index contributed by atoms with van der Waals surface area (Å²) < 4.78 is 1.87. The zero-order valence-electron chi connectivity index (χ0n) is 16.4. The highest BCUT2D eigenvalue weighted by molar-refractivity contribution is 7.13. The first-order valence-electron chi connectivity index (χ1n) is 9.70. The molecule has 8 nitrogen and oxygen atoms in total. The van der Waals surface area contributed by atoms with Gasteiger partial charge in [-0.1, -0.05) is 12.1 Å². The van der Waals surface area contributed by atoms with Gasteiger partial charge in [-0.05, 0) is 11.4 Å². The number of nitrogens with one attached hydrogen (secondary N) is 1. The van der Waals surface area contributed by atoms with Crippen LogP contribution in [0, 0.1) is 5.92 Å². The molecule has 0 aliphatic carbocycles. The Hall–Kier alpha value is -3.33. The van der Waals surface area contributed by atoms with Gasteiger partial charge in [-0.3, -0.25) is 24.2 Å². The van der Waals surface area contributed by atoms with E-state index in [1.54, 1.807) is 47.1 Å². The monoisotopic (exact) mass is 422 g/mol. The fraction of sp³-hybridized carbons (Fsp3) is 0.286. The molecule has 1 aliphatic heterocycles. The molecule has 0 aromatic carbocycles. The minimum Gasteiger partial charge on any atom is -0.354 e. The summed E-state index contributed by atoms with van der Waals surface area (Å²) >= 11 is 1.62. The summed E-state index contributed by atoms with van der Waals surface area (Å²) in [7, 11) is 0. The third-order valence-electron chi connectivity index (χ3n) is 4.99. The smallest absolute Gasteiger partial charge is 0.225 e. The molecule has 30 heavy (non-hydrogen) atoms. The van der Waals surface area contributed by atoms with Gasteiger partial charge in [-0.25, -0.2) is 0 Å². The highest BCUT2D eigenvalue weighted by Gasteiger charge is 2.33. The lowest BCUT2D eigenvalue weighted by atomic mass is 10.1. The van der Waals surface area contributed by atoms with Crippen LogP contribution in [0.15, 0.2) is 55.0 Å². The third-order valence-corrected chi connectivity index (χ3v) is 5.87. The van der Waals surface area contributed by atoms with E-state index in [0.717, 1.165) is 21.8 Å². The highest BCUT2D eigenvalue weighted by atomic mass is 32.1. The molecule has 0 radical (unpaired) electrons. The molecule has 3 aromatic rings. The van der Waals surface area contributed by atoms with E-state index in [2.05, 4.69) is 27.0 Å². The van der Waals surface area contributed by atoms with Crippen molar-refractivity contribution < 1.29 is 9.59 Å². The Morgan fingerprint density at radius 1 is 1.37 bits per heavy atom. The van der Waals surface area contributed by atoms with Crippen LogP contribution in [-0.2, 0) is 16.1 Å². The largest absolute Gasteiger partial charge is 0.354 e. The molecule has 0 unspecified atom stereocenters. The van der Waals surface area contributed by atoms with Crippen LogP contribution in [0.2, 0.25) is 0 Å². The summed E-state index contributed by atoms with van der Waals surface area (Å²) in [5.41, 5.74) is 2.61. The van der Waals surface area contributed by atoms with Crippen molar-refractivity contribution in [1.82, 2.24) is 30.0 Å². The van der Waals surface area contributed by atoms with Gasteiger partial charge in [0.2, 0.25) is 11.8 Å². The summed E-state index contributed by atoms with van der Waals surface area (Å²) in [5.74, 6) is -0.424. The Morgan fingerprint density at radius 3 is 3.00 bits per heavy atom. The number of carbonyl (C=O) groups excluding carboxylic acids is 2. The van der Waals surface area contributed by atoms with Crippen molar-refractivity contribution in [2.75, 3.05) is 19.6 Å². The van der Waals surface area contributed by atoms with Crippen molar-refractivity contribution in [3.8, 4) is 21.8 Å². The van der Waals surface area contributed by atoms with Gasteiger partial charge in [0, 0.05) is 44.0 Å². The number of carbonyl (C=O) groups is 2. The predicted octanol–water partition coefficient (Wildman–Crippen LogP) is 2.22. The van der Waals surface area contributed by atoms with Gasteiger partial charge in [-0.15, -0.1) is 17.9 Å². The lowest BCUT2D eigenvalue weighted by Crippen LogP contribution is -2.35. The second kappa shape index (κ2) is 9.00. The van der Waals surface area contributed by atoms with Crippen LogP contribution in [0.4, 0.5) is 0 Å². The number of aromatic nitrogens is 4. The quantitative estimate of drug-likeness (QED) is 0.562. The lowest BCUT2D eigenvalue weighted by molar-refractivity contribution is -0.128. The second-order valence-corrected chi connectivity index (χ2v) is 7.93. The molecule has 1 saturated heterocycles. The predicted molar refractivity (Wildman–Crippen MR) is 114 cm³/mol. The van der Waals surface area contributed by atoms with E-state index in [9.17, 15) is 9.59 Å². The average Bonchev–Trinajstić information content (AvgIpc) is 3.49. The molecule has 0 spiro atoms. The maximum Gasteiger partial charge on any atom is 0.225 e. The first-order chi connectivity index (χ1) is 14.7. The van der Waals surface area contributed by atoms with E-state index in [-0.39, 0.29) is 24.2 Å². The van der Waals surface area contributed by atoms with Gasteiger partial charge in [0.1, 0.15) is 0 Å². The van der Waals surface area contributed by atoms with E-state index >= 15 is 0 Å². The van der Waals surface area contributed by atoms with Crippen LogP contribution in [-0.4, -0.2) is 56.1 Å². The summed E-state index contributed by atoms with van der Waals surface area (Å²) in [6.07, 6.45) is 8.72. The molecule has 4 heterocycles. The number of thiophene rings is 1. The highest BCUT2D eigenvalue weighted by Crippen LogP contribution is 2.33. The van der Waals surface area contributed by atoms with E-state index < -0.39 is 0 Å². The van der Waals surface area contributed by atoms with Gasteiger partial charge in [0.25, 0.3) is 0 Å². The first kappa shape index (κ1) is 20.0. The lowest BCUT2D eigenvalue weighted by Gasteiger charge is -2.14. The van der Waals surface area contributed by atoms with Gasteiger partial charge in [-0.2, -0.15) is 5.10 Å². The topological polar surface area (TPSA) is 93.0 Å². The molecule has 9 heteroatoms. The Labute approximate surface area is 178 Å². The van der Waals surface area contributed by atoms with Crippen molar-refractivity contribution in [2.24, 2.45) is 5.92 Å². The van der Waals surface area contributed by atoms with E-state index in [1.807, 2.05) is 22.2 Å². The summed E-state index contributed by atoms with van der Waals surface area (Å²) in [4.78, 5) is 35.8. The summed E-state index contributed by atoms with van der Waals surface area (Å²) in [6, 6.07) is 4.03. The average molecular weight is 423 g/mol. The van der Waals surface area contributed by atoms with Crippen molar-refractivity contribution in [1.29, 1.82) is 0 Å². The summed E-state index contributed by atoms with van der Waals surface area (Å²) in [6.45, 7) is 5.50. The van der Waals surface area contributed by atoms with E-state index in [4.69, 9.17) is 0 Å². The van der Waals surface area contributed by atoms with E-state index in [1.165, 1.54) is 0 Å². The van der Waals surface area contributed by atoms with E-state index in [0.29, 0.717) is 26.2 Å². The van der Waals surface area contributed by atoms with Gasteiger partial charge in [0.15, 0.2) is 0 Å². The Bertz CT molecular complexity index is 1030. The Kier molecular flexibility index (Phi) is 5.99. The fourth-order valence-corrected chi connectivity index (χ4v) is 4.35. The molecule has 4 rings (SSSR count). The standard InChI is InChI=1S/C21H22N6O2S/c1-2-8-26-14-15(11-19(26)28)21(29)24-7-9-27-20(18-4-3-10-30-18)16(12-25-27)17-13-22-5-6-23-17/h2-6,10,12-13,15H,1,7-9,11,14H2,(H,24,29)/t15-/m1/s1. The maximum absolute atomic E-state index is 12.5. The minimum absolute atomic E-state index is 0.00396. The summed E-state index contributed by atoms with van der Waals surface area (Å²) in [5, 5.41) is 9.49.